The van der Waals surface area contributed by atoms with Gasteiger partial charge in [-0.25, -0.2) is 13.5 Å². The molecule has 0 unspecified atom stereocenters. The van der Waals surface area contributed by atoms with Crippen LogP contribution in [-0.2, 0) is 6.42 Å². The van der Waals surface area contributed by atoms with E-state index in [0.717, 1.165) is 29.8 Å². The van der Waals surface area contributed by atoms with Crippen LogP contribution in [0.25, 0.3) is 5.69 Å². The van der Waals surface area contributed by atoms with E-state index in [2.05, 4.69) is 5.10 Å². The number of nitriles is 1. The van der Waals surface area contributed by atoms with Gasteiger partial charge in [-0.15, -0.1) is 0 Å². The molecule has 2 rings (SSSR count). The highest BCUT2D eigenvalue weighted by Crippen LogP contribution is 2.23. The second-order valence-electron chi connectivity index (χ2n) is 4.32. The molecule has 3 nitrogen and oxygen atoms in total. The number of aryl methyl sites for hydroxylation is 1. The monoisotopic (exact) mass is 261 g/mol. The standard InChI is InChI=1S/C14H13F2N3/c1-4-11-8(2)18-19(9(11)3)14-12(15)5-10(7-17)6-13(14)16/h5-6H,4H2,1-3H3. The summed E-state index contributed by atoms with van der Waals surface area (Å²) in [5, 5.41) is 12.9. The fraction of sp³-hybridized carbons (Fsp3) is 0.286. The summed E-state index contributed by atoms with van der Waals surface area (Å²) in [7, 11) is 0. The molecule has 0 aliphatic rings. The van der Waals surface area contributed by atoms with E-state index in [0.29, 0.717) is 5.69 Å². The van der Waals surface area contributed by atoms with Gasteiger partial charge in [0, 0.05) is 5.69 Å². The largest absolute Gasteiger partial charge is 0.232 e. The molecule has 19 heavy (non-hydrogen) atoms. The van der Waals surface area contributed by atoms with Gasteiger partial charge in [0.2, 0.25) is 0 Å². The molecule has 5 heteroatoms. The molecule has 0 spiro atoms. The van der Waals surface area contributed by atoms with E-state index < -0.39 is 11.6 Å². The second-order valence-corrected chi connectivity index (χ2v) is 4.32. The zero-order valence-electron chi connectivity index (χ0n) is 11.0. The van der Waals surface area contributed by atoms with Gasteiger partial charge < -0.3 is 0 Å². The number of aromatic nitrogens is 2. The van der Waals surface area contributed by atoms with Crippen LogP contribution < -0.4 is 0 Å². The number of benzene rings is 1. The van der Waals surface area contributed by atoms with E-state index in [4.69, 9.17) is 5.26 Å². The molecule has 2 aromatic rings. The van der Waals surface area contributed by atoms with Crippen molar-refractivity contribution in [3.63, 3.8) is 0 Å². The number of halogens is 2. The molecule has 0 saturated heterocycles. The summed E-state index contributed by atoms with van der Waals surface area (Å²) in [5.41, 5.74) is 2.16. The Morgan fingerprint density at radius 2 is 1.84 bits per heavy atom. The maximum absolute atomic E-state index is 14.0. The van der Waals surface area contributed by atoms with E-state index in [-0.39, 0.29) is 11.3 Å². The topological polar surface area (TPSA) is 41.6 Å². The van der Waals surface area contributed by atoms with Crippen molar-refractivity contribution in [3.05, 3.63) is 46.3 Å². The maximum atomic E-state index is 14.0. The first-order valence-corrected chi connectivity index (χ1v) is 5.94. The van der Waals surface area contributed by atoms with Gasteiger partial charge in [-0.05, 0) is 38.0 Å². The highest BCUT2D eigenvalue weighted by molar-refractivity contribution is 5.44. The zero-order chi connectivity index (χ0) is 14.2. The normalized spacial score (nSPS) is 10.5. The molecule has 0 bridgehead atoms. The number of hydrogen-bond acceptors (Lipinski definition) is 2. The Morgan fingerprint density at radius 1 is 1.26 bits per heavy atom. The summed E-state index contributed by atoms with van der Waals surface area (Å²) >= 11 is 0. The number of nitrogens with zero attached hydrogens (tertiary/aromatic N) is 3. The smallest absolute Gasteiger partial charge is 0.153 e. The predicted molar refractivity (Wildman–Crippen MR) is 67.0 cm³/mol. The predicted octanol–water partition coefficient (Wildman–Crippen LogP) is 3.20. The molecule has 1 heterocycles. The molecule has 0 aliphatic heterocycles. The molecule has 0 fully saturated rings. The first-order valence-electron chi connectivity index (χ1n) is 5.94. The van der Waals surface area contributed by atoms with E-state index in [1.54, 1.807) is 13.0 Å². The molecule has 1 aromatic carbocycles. The van der Waals surface area contributed by atoms with E-state index >= 15 is 0 Å². The average Bonchev–Trinajstić information content (AvgIpc) is 2.63. The Labute approximate surface area is 110 Å². The van der Waals surface area contributed by atoms with Gasteiger partial charge in [0.1, 0.15) is 5.69 Å². The minimum atomic E-state index is -0.787. The lowest BCUT2D eigenvalue weighted by atomic mass is 10.1. The first-order chi connectivity index (χ1) is 8.99. The molecular formula is C14H13F2N3. The Bertz CT molecular complexity index is 658. The van der Waals surface area contributed by atoms with Crippen molar-refractivity contribution >= 4 is 0 Å². The van der Waals surface area contributed by atoms with Gasteiger partial charge in [0.15, 0.2) is 11.6 Å². The van der Waals surface area contributed by atoms with Crippen LogP contribution in [0.3, 0.4) is 0 Å². The van der Waals surface area contributed by atoms with Crippen molar-refractivity contribution < 1.29 is 8.78 Å². The summed E-state index contributed by atoms with van der Waals surface area (Å²) in [6.07, 6.45) is 0.747. The molecule has 98 valence electrons. The zero-order valence-corrected chi connectivity index (χ0v) is 11.0. The highest BCUT2D eigenvalue weighted by Gasteiger charge is 2.18. The molecule has 0 saturated carbocycles. The Kier molecular flexibility index (Phi) is 3.34. The van der Waals surface area contributed by atoms with Crippen LogP contribution >= 0.6 is 0 Å². The molecule has 0 N–H and O–H groups in total. The Balaban J connectivity index is 2.70. The highest BCUT2D eigenvalue weighted by atomic mass is 19.1. The van der Waals surface area contributed by atoms with Gasteiger partial charge in [0.25, 0.3) is 0 Å². The third-order valence-electron chi connectivity index (χ3n) is 3.15. The van der Waals surface area contributed by atoms with Crippen molar-refractivity contribution in [2.24, 2.45) is 0 Å². The quantitative estimate of drug-likeness (QED) is 0.833. The minimum Gasteiger partial charge on any atom is -0.232 e. The molecule has 1 aromatic heterocycles. The van der Waals surface area contributed by atoms with Gasteiger partial charge in [-0.1, -0.05) is 6.92 Å². The first kappa shape index (κ1) is 13.2. The fourth-order valence-corrected chi connectivity index (χ4v) is 2.24. The van der Waals surface area contributed by atoms with E-state index in [9.17, 15) is 8.78 Å². The SMILES string of the molecule is CCc1c(C)nn(-c2c(F)cc(C#N)cc2F)c1C. The van der Waals surface area contributed by atoms with Crippen LogP contribution in [-0.4, -0.2) is 9.78 Å². The van der Waals surface area contributed by atoms with Crippen LogP contribution in [0.4, 0.5) is 8.78 Å². The van der Waals surface area contributed by atoms with Crippen molar-refractivity contribution in [1.29, 1.82) is 5.26 Å². The van der Waals surface area contributed by atoms with Gasteiger partial charge in [-0.2, -0.15) is 10.4 Å². The van der Waals surface area contributed by atoms with Crippen molar-refractivity contribution in [2.75, 3.05) is 0 Å². The lowest BCUT2D eigenvalue weighted by Crippen LogP contribution is -2.06. The van der Waals surface area contributed by atoms with Crippen LogP contribution in [0.2, 0.25) is 0 Å². The van der Waals surface area contributed by atoms with Crippen molar-refractivity contribution in [3.8, 4) is 11.8 Å². The summed E-state index contributed by atoms with van der Waals surface area (Å²) in [4.78, 5) is 0. The maximum Gasteiger partial charge on any atom is 0.153 e. The summed E-state index contributed by atoms with van der Waals surface area (Å²) < 4.78 is 29.2. The summed E-state index contributed by atoms with van der Waals surface area (Å²) in [5.74, 6) is -1.57. The molecular weight excluding hydrogens is 248 g/mol. The third kappa shape index (κ3) is 2.10. The Morgan fingerprint density at radius 3 is 2.26 bits per heavy atom. The van der Waals surface area contributed by atoms with Crippen LogP contribution in [0.5, 0.6) is 0 Å². The van der Waals surface area contributed by atoms with Crippen molar-refractivity contribution in [2.45, 2.75) is 27.2 Å². The van der Waals surface area contributed by atoms with Crippen LogP contribution in [0.1, 0.15) is 29.4 Å². The lowest BCUT2D eigenvalue weighted by Gasteiger charge is -2.08. The van der Waals surface area contributed by atoms with Crippen molar-refractivity contribution in [1.82, 2.24) is 9.78 Å². The number of hydrogen-bond donors (Lipinski definition) is 0. The van der Waals surface area contributed by atoms with E-state index in [1.165, 1.54) is 4.68 Å². The number of rotatable bonds is 2. The Hall–Kier alpha value is -2.22. The summed E-state index contributed by atoms with van der Waals surface area (Å²) in [6.45, 7) is 5.55. The summed E-state index contributed by atoms with van der Waals surface area (Å²) in [6, 6.07) is 3.75. The molecule has 0 aliphatic carbocycles. The van der Waals surface area contributed by atoms with Gasteiger partial charge in [-0.3, -0.25) is 0 Å². The van der Waals surface area contributed by atoms with Crippen LogP contribution in [0, 0.1) is 36.8 Å². The van der Waals surface area contributed by atoms with Gasteiger partial charge in [0.05, 0.1) is 17.3 Å². The molecule has 0 atom stereocenters. The molecule has 0 radical (unpaired) electrons. The average molecular weight is 261 g/mol. The van der Waals surface area contributed by atoms with E-state index in [1.807, 2.05) is 13.8 Å². The van der Waals surface area contributed by atoms with Gasteiger partial charge >= 0.3 is 0 Å². The molecule has 0 amide bonds. The minimum absolute atomic E-state index is 0.0454. The van der Waals surface area contributed by atoms with Crippen LogP contribution in [0.15, 0.2) is 12.1 Å². The fourth-order valence-electron chi connectivity index (χ4n) is 2.24. The lowest BCUT2D eigenvalue weighted by molar-refractivity contribution is 0.556. The third-order valence-corrected chi connectivity index (χ3v) is 3.15. The second kappa shape index (κ2) is 4.81.